The van der Waals surface area contributed by atoms with Gasteiger partial charge in [0.25, 0.3) is 5.91 Å². The Labute approximate surface area is 168 Å². The summed E-state index contributed by atoms with van der Waals surface area (Å²) in [5, 5.41) is 3.63. The Balaban J connectivity index is 1.58. The number of nitrogens with one attached hydrogen (secondary N) is 1. The van der Waals surface area contributed by atoms with Gasteiger partial charge in [-0.2, -0.15) is 0 Å². The molecular formula is C20H21Cl2NO4. The van der Waals surface area contributed by atoms with Crippen molar-refractivity contribution in [2.75, 3.05) is 25.1 Å². The number of hydrogen-bond acceptors (Lipinski definition) is 4. The van der Waals surface area contributed by atoms with Gasteiger partial charge in [0.2, 0.25) is 0 Å². The van der Waals surface area contributed by atoms with E-state index in [1.54, 1.807) is 18.2 Å². The first kappa shape index (κ1) is 19.8. The smallest absolute Gasteiger partial charge is 0.262 e. The number of carbonyl (C=O) groups excluding carboxylic acids is 1. The second-order valence-electron chi connectivity index (χ2n) is 6.36. The van der Waals surface area contributed by atoms with Crippen LogP contribution in [0.3, 0.4) is 0 Å². The average Bonchev–Trinajstić information content (AvgIpc) is 3.16. The van der Waals surface area contributed by atoms with Gasteiger partial charge in [-0.25, -0.2) is 0 Å². The summed E-state index contributed by atoms with van der Waals surface area (Å²) in [5.74, 6) is 0.790. The molecule has 27 heavy (non-hydrogen) atoms. The fourth-order valence-corrected chi connectivity index (χ4v) is 3.00. The van der Waals surface area contributed by atoms with Crippen LogP contribution < -0.4 is 14.8 Å². The van der Waals surface area contributed by atoms with E-state index < -0.39 is 0 Å². The number of benzene rings is 2. The van der Waals surface area contributed by atoms with Crippen LogP contribution in [0.5, 0.6) is 11.5 Å². The van der Waals surface area contributed by atoms with Crippen LogP contribution in [0, 0.1) is 6.92 Å². The molecule has 144 valence electrons. The van der Waals surface area contributed by atoms with Gasteiger partial charge in [0.15, 0.2) is 6.61 Å². The molecule has 1 aliphatic rings. The molecule has 0 aliphatic carbocycles. The summed E-state index contributed by atoms with van der Waals surface area (Å²) in [4.78, 5) is 12.3. The zero-order valence-electron chi connectivity index (χ0n) is 15.0. The molecule has 1 heterocycles. The van der Waals surface area contributed by atoms with Gasteiger partial charge in [-0.3, -0.25) is 4.79 Å². The number of amides is 1. The molecule has 1 aliphatic heterocycles. The molecular weight excluding hydrogens is 389 g/mol. The maximum absolute atomic E-state index is 12.3. The van der Waals surface area contributed by atoms with E-state index in [4.69, 9.17) is 37.4 Å². The normalized spacial score (nSPS) is 16.2. The molecule has 1 fully saturated rings. The Morgan fingerprint density at radius 2 is 2.04 bits per heavy atom. The van der Waals surface area contributed by atoms with Crippen LogP contribution in [0.25, 0.3) is 0 Å². The molecule has 1 unspecified atom stereocenters. The Hall–Kier alpha value is -1.95. The summed E-state index contributed by atoms with van der Waals surface area (Å²) in [6.45, 7) is 3.05. The quantitative estimate of drug-likeness (QED) is 0.707. The highest BCUT2D eigenvalue weighted by Crippen LogP contribution is 2.28. The standard InChI is InChI=1S/C20H21Cl2NO4/c1-13-4-7-18(19(9-13)27-11-15-3-2-8-25-15)23-20(24)12-26-14-5-6-16(21)17(22)10-14/h4-7,9-10,15H,2-3,8,11-12H2,1H3,(H,23,24). The number of halogens is 2. The van der Waals surface area contributed by atoms with E-state index in [-0.39, 0.29) is 18.6 Å². The molecule has 1 amide bonds. The van der Waals surface area contributed by atoms with Crippen LogP contribution in [-0.4, -0.2) is 31.8 Å². The van der Waals surface area contributed by atoms with Crippen molar-refractivity contribution in [1.82, 2.24) is 0 Å². The molecule has 2 aromatic carbocycles. The average molecular weight is 410 g/mol. The highest BCUT2D eigenvalue weighted by Gasteiger charge is 2.17. The summed E-state index contributed by atoms with van der Waals surface area (Å²) >= 11 is 11.8. The van der Waals surface area contributed by atoms with Gasteiger partial charge in [0.1, 0.15) is 18.1 Å². The lowest BCUT2D eigenvalue weighted by atomic mass is 10.2. The summed E-state index contributed by atoms with van der Waals surface area (Å²) in [7, 11) is 0. The summed E-state index contributed by atoms with van der Waals surface area (Å²) in [6.07, 6.45) is 2.15. The number of rotatable bonds is 7. The van der Waals surface area contributed by atoms with E-state index in [0.717, 1.165) is 25.0 Å². The summed E-state index contributed by atoms with van der Waals surface area (Å²) in [6, 6.07) is 10.5. The zero-order chi connectivity index (χ0) is 19.2. The van der Waals surface area contributed by atoms with Crippen molar-refractivity contribution in [2.24, 2.45) is 0 Å². The Morgan fingerprint density at radius 1 is 1.19 bits per heavy atom. The van der Waals surface area contributed by atoms with Crippen LogP contribution >= 0.6 is 23.2 Å². The third-order valence-corrected chi connectivity index (χ3v) is 4.86. The lowest BCUT2D eigenvalue weighted by Crippen LogP contribution is -2.21. The molecule has 3 rings (SSSR count). The summed E-state index contributed by atoms with van der Waals surface area (Å²) in [5.41, 5.74) is 1.64. The minimum absolute atomic E-state index is 0.104. The first-order valence-corrected chi connectivity index (χ1v) is 9.49. The third kappa shape index (κ3) is 5.76. The van der Waals surface area contributed by atoms with Crippen molar-refractivity contribution in [3.63, 3.8) is 0 Å². The van der Waals surface area contributed by atoms with Crippen LogP contribution in [0.1, 0.15) is 18.4 Å². The Kier molecular flexibility index (Phi) is 6.83. The topological polar surface area (TPSA) is 56.8 Å². The van der Waals surface area contributed by atoms with Crippen molar-refractivity contribution < 1.29 is 19.0 Å². The second kappa shape index (κ2) is 9.31. The van der Waals surface area contributed by atoms with Gasteiger partial charge in [0, 0.05) is 12.7 Å². The van der Waals surface area contributed by atoms with Crippen molar-refractivity contribution in [2.45, 2.75) is 25.9 Å². The first-order valence-electron chi connectivity index (χ1n) is 8.74. The predicted molar refractivity (Wildman–Crippen MR) is 106 cm³/mol. The largest absolute Gasteiger partial charge is 0.489 e. The molecule has 0 aromatic heterocycles. The fraction of sp³-hybridized carbons (Fsp3) is 0.350. The van der Waals surface area contributed by atoms with E-state index in [1.807, 2.05) is 25.1 Å². The molecule has 7 heteroatoms. The first-order chi connectivity index (χ1) is 13.0. The lowest BCUT2D eigenvalue weighted by molar-refractivity contribution is -0.118. The van der Waals surface area contributed by atoms with Crippen LogP contribution in [0.15, 0.2) is 36.4 Å². The predicted octanol–water partition coefficient (Wildman–Crippen LogP) is 4.88. The van der Waals surface area contributed by atoms with Crippen molar-refractivity contribution >= 4 is 34.8 Å². The van der Waals surface area contributed by atoms with Gasteiger partial charge < -0.3 is 19.5 Å². The fourth-order valence-electron chi connectivity index (χ4n) is 2.71. The number of hydrogen-bond donors (Lipinski definition) is 1. The van der Waals surface area contributed by atoms with Gasteiger partial charge in [0.05, 0.1) is 21.8 Å². The molecule has 2 aromatic rings. The zero-order valence-corrected chi connectivity index (χ0v) is 16.5. The SMILES string of the molecule is Cc1ccc(NC(=O)COc2ccc(Cl)c(Cl)c2)c(OCC2CCCO2)c1. The highest BCUT2D eigenvalue weighted by molar-refractivity contribution is 6.42. The van der Waals surface area contributed by atoms with Crippen LogP contribution in [0.2, 0.25) is 10.0 Å². The van der Waals surface area contributed by atoms with Gasteiger partial charge in [-0.1, -0.05) is 29.3 Å². The van der Waals surface area contributed by atoms with E-state index in [9.17, 15) is 4.79 Å². The Morgan fingerprint density at radius 3 is 2.78 bits per heavy atom. The minimum Gasteiger partial charge on any atom is -0.489 e. The van der Waals surface area contributed by atoms with Crippen LogP contribution in [0.4, 0.5) is 5.69 Å². The van der Waals surface area contributed by atoms with Crippen LogP contribution in [-0.2, 0) is 9.53 Å². The molecule has 0 spiro atoms. The van der Waals surface area contributed by atoms with E-state index in [1.165, 1.54) is 0 Å². The molecule has 1 N–H and O–H groups in total. The number of carbonyl (C=O) groups is 1. The lowest BCUT2D eigenvalue weighted by Gasteiger charge is -2.16. The second-order valence-corrected chi connectivity index (χ2v) is 7.17. The molecule has 1 saturated heterocycles. The minimum atomic E-state index is -0.299. The molecule has 5 nitrogen and oxygen atoms in total. The van der Waals surface area contributed by atoms with Gasteiger partial charge in [-0.05, 0) is 49.6 Å². The molecule has 0 bridgehead atoms. The third-order valence-electron chi connectivity index (χ3n) is 4.12. The monoisotopic (exact) mass is 409 g/mol. The number of anilines is 1. The molecule has 1 atom stereocenters. The molecule has 0 saturated carbocycles. The maximum atomic E-state index is 12.3. The maximum Gasteiger partial charge on any atom is 0.262 e. The number of ether oxygens (including phenoxy) is 3. The van der Waals surface area contributed by atoms with Gasteiger partial charge >= 0.3 is 0 Å². The Bertz CT molecular complexity index is 807. The molecule has 0 radical (unpaired) electrons. The highest BCUT2D eigenvalue weighted by atomic mass is 35.5. The van der Waals surface area contributed by atoms with E-state index in [0.29, 0.717) is 33.8 Å². The van der Waals surface area contributed by atoms with E-state index >= 15 is 0 Å². The van der Waals surface area contributed by atoms with Crippen molar-refractivity contribution in [3.05, 3.63) is 52.0 Å². The van der Waals surface area contributed by atoms with Crippen molar-refractivity contribution in [3.8, 4) is 11.5 Å². The van der Waals surface area contributed by atoms with Gasteiger partial charge in [-0.15, -0.1) is 0 Å². The number of aryl methyl sites for hydroxylation is 1. The van der Waals surface area contributed by atoms with E-state index in [2.05, 4.69) is 5.32 Å². The van der Waals surface area contributed by atoms with Crippen molar-refractivity contribution in [1.29, 1.82) is 0 Å². The summed E-state index contributed by atoms with van der Waals surface area (Å²) < 4.78 is 16.9.